The van der Waals surface area contributed by atoms with Crippen LogP contribution in [0, 0.1) is 12.8 Å². The lowest BCUT2D eigenvalue weighted by molar-refractivity contribution is -0.142. The van der Waals surface area contributed by atoms with Crippen molar-refractivity contribution in [3.8, 4) is 0 Å². The van der Waals surface area contributed by atoms with Gasteiger partial charge in [-0.2, -0.15) is 0 Å². The SMILES string of the molecule is CCCC(C)NC(=O)C(c1cccc(C)c1)N(CC)C(=O)C(CC(C)C)NC(=O)OC(C)(C)C. The minimum Gasteiger partial charge on any atom is -0.444 e. The van der Waals surface area contributed by atoms with Gasteiger partial charge in [0.25, 0.3) is 0 Å². The molecule has 0 aliphatic heterocycles. The third kappa shape index (κ3) is 9.74. The Bertz CT molecular complexity index is 816. The third-order valence-electron chi connectivity index (χ3n) is 5.35. The van der Waals surface area contributed by atoms with Gasteiger partial charge in [-0.05, 0) is 65.9 Å². The van der Waals surface area contributed by atoms with Crippen molar-refractivity contribution >= 4 is 17.9 Å². The molecular formula is C27H45N3O4. The topological polar surface area (TPSA) is 87.7 Å². The minimum atomic E-state index is -0.803. The van der Waals surface area contributed by atoms with Crippen LogP contribution in [0.4, 0.5) is 4.79 Å². The monoisotopic (exact) mass is 475 g/mol. The maximum absolute atomic E-state index is 13.8. The summed E-state index contributed by atoms with van der Waals surface area (Å²) in [5.74, 6) is -0.368. The number of nitrogens with one attached hydrogen (secondary N) is 2. The summed E-state index contributed by atoms with van der Waals surface area (Å²) < 4.78 is 5.40. The third-order valence-corrected chi connectivity index (χ3v) is 5.35. The molecule has 3 atom stereocenters. The van der Waals surface area contributed by atoms with Gasteiger partial charge in [0.1, 0.15) is 17.7 Å². The zero-order valence-corrected chi connectivity index (χ0v) is 22.5. The Hall–Kier alpha value is -2.57. The summed E-state index contributed by atoms with van der Waals surface area (Å²) in [4.78, 5) is 41.4. The maximum Gasteiger partial charge on any atom is 0.408 e. The van der Waals surface area contributed by atoms with E-state index < -0.39 is 23.8 Å². The molecule has 0 radical (unpaired) electrons. The van der Waals surface area contributed by atoms with Crippen LogP contribution in [-0.4, -0.2) is 47.0 Å². The van der Waals surface area contributed by atoms with Crippen LogP contribution in [0.25, 0.3) is 0 Å². The van der Waals surface area contributed by atoms with Crippen LogP contribution in [0.1, 0.15) is 91.8 Å². The first kappa shape index (κ1) is 29.5. The minimum absolute atomic E-state index is 0.00929. The fraction of sp³-hybridized carbons (Fsp3) is 0.667. The number of nitrogens with zero attached hydrogens (tertiary/aromatic N) is 1. The van der Waals surface area contributed by atoms with E-state index >= 15 is 0 Å². The van der Waals surface area contributed by atoms with Gasteiger partial charge >= 0.3 is 6.09 Å². The lowest BCUT2D eigenvalue weighted by atomic mass is 9.98. The standard InChI is InChI=1S/C27H45N3O4/c1-10-13-20(6)28-24(31)23(21-15-12-14-19(5)17-21)30(11-2)25(32)22(16-18(3)4)29-26(33)34-27(7,8)9/h12,14-15,17-18,20,22-23H,10-11,13,16H2,1-9H3,(H,28,31)(H,29,33). The van der Waals surface area contributed by atoms with Gasteiger partial charge in [-0.3, -0.25) is 9.59 Å². The molecule has 2 N–H and O–H groups in total. The summed E-state index contributed by atoms with van der Waals surface area (Å²) in [7, 11) is 0. The molecule has 1 aromatic rings. The number of rotatable bonds is 11. The number of hydrogen-bond donors (Lipinski definition) is 2. The maximum atomic E-state index is 13.8. The average Bonchev–Trinajstić information content (AvgIpc) is 2.69. The molecule has 3 unspecified atom stereocenters. The summed E-state index contributed by atoms with van der Waals surface area (Å²) in [6.45, 7) is 17.5. The van der Waals surface area contributed by atoms with Crippen LogP contribution in [0.3, 0.4) is 0 Å². The van der Waals surface area contributed by atoms with E-state index in [0.717, 1.165) is 24.0 Å². The second-order valence-electron chi connectivity index (χ2n) is 10.5. The molecule has 0 bridgehead atoms. The number of carbonyl (C=O) groups excluding carboxylic acids is 3. The first-order valence-corrected chi connectivity index (χ1v) is 12.5. The van der Waals surface area contributed by atoms with E-state index in [1.54, 1.807) is 25.7 Å². The fourth-order valence-corrected chi connectivity index (χ4v) is 3.95. The molecule has 0 fully saturated rings. The van der Waals surface area contributed by atoms with Gasteiger partial charge in [0, 0.05) is 12.6 Å². The molecule has 7 nitrogen and oxygen atoms in total. The predicted molar refractivity (Wildman–Crippen MR) is 136 cm³/mol. The summed E-state index contributed by atoms with van der Waals surface area (Å²) in [6, 6.07) is 6.05. The van der Waals surface area contributed by atoms with Crippen molar-refractivity contribution in [3.05, 3.63) is 35.4 Å². The van der Waals surface area contributed by atoms with E-state index in [2.05, 4.69) is 17.6 Å². The van der Waals surface area contributed by atoms with Crippen molar-refractivity contribution in [1.82, 2.24) is 15.5 Å². The number of ether oxygens (including phenoxy) is 1. The van der Waals surface area contributed by atoms with E-state index in [-0.39, 0.29) is 23.8 Å². The van der Waals surface area contributed by atoms with Crippen LogP contribution < -0.4 is 10.6 Å². The van der Waals surface area contributed by atoms with E-state index in [1.807, 2.05) is 58.9 Å². The second kappa shape index (κ2) is 13.4. The van der Waals surface area contributed by atoms with Gasteiger partial charge in [0.05, 0.1) is 0 Å². The molecule has 1 rings (SSSR count). The number of benzene rings is 1. The summed E-state index contributed by atoms with van der Waals surface area (Å²) in [6.07, 6.45) is 1.59. The Morgan fingerprint density at radius 3 is 2.21 bits per heavy atom. The molecule has 0 saturated heterocycles. The molecule has 0 heterocycles. The highest BCUT2D eigenvalue weighted by Gasteiger charge is 2.36. The van der Waals surface area contributed by atoms with Gasteiger partial charge in [0.15, 0.2) is 0 Å². The molecule has 192 valence electrons. The Labute approximate surface area is 206 Å². The van der Waals surface area contributed by atoms with Crippen molar-refractivity contribution in [1.29, 1.82) is 0 Å². The lowest BCUT2D eigenvalue weighted by Gasteiger charge is -2.35. The Morgan fingerprint density at radius 2 is 1.71 bits per heavy atom. The highest BCUT2D eigenvalue weighted by atomic mass is 16.6. The number of carbonyl (C=O) groups is 3. The number of alkyl carbamates (subject to hydrolysis) is 1. The molecule has 0 aliphatic rings. The smallest absolute Gasteiger partial charge is 0.408 e. The Morgan fingerprint density at radius 1 is 1.06 bits per heavy atom. The van der Waals surface area contributed by atoms with Crippen LogP contribution in [0.15, 0.2) is 24.3 Å². The van der Waals surface area contributed by atoms with Crippen LogP contribution >= 0.6 is 0 Å². The van der Waals surface area contributed by atoms with Crippen LogP contribution in [0.2, 0.25) is 0 Å². The molecular weight excluding hydrogens is 430 g/mol. The Kier molecular flexibility index (Phi) is 11.6. The van der Waals surface area contributed by atoms with Gasteiger partial charge in [0.2, 0.25) is 11.8 Å². The molecule has 0 aliphatic carbocycles. The molecule has 0 aromatic heterocycles. The van der Waals surface area contributed by atoms with Crippen molar-refractivity contribution in [2.45, 2.75) is 105 Å². The number of amides is 3. The number of likely N-dealkylation sites (N-methyl/N-ethyl adjacent to an activating group) is 1. The van der Waals surface area contributed by atoms with E-state index in [0.29, 0.717) is 13.0 Å². The largest absolute Gasteiger partial charge is 0.444 e. The van der Waals surface area contributed by atoms with Crippen LogP contribution in [0.5, 0.6) is 0 Å². The van der Waals surface area contributed by atoms with Crippen molar-refractivity contribution in [3.63, 3.8) is 0 Å². The van der Waals surface area contributed by atoms with Crippen LogP contribution in [-0.2, 0) is 14.3 Å². The fourth-order valence-electron chi connectivity index (χ4n) is 3.95. The molecule has 3 amide bonds. The average molecular weight is 476 g/mol. The zero-order valence-electron chi connectivity index (χ0n) is 22.5. The highest BCUT2D eigenvalue weighted by molar-refractivity contribution is 5.92. The van der Waals surface area contributed by atoms with E-state index in [1.165, 1.54) is 0 Å². The Balaban J connectivity index is 3.34. The first-order chi connectivity index (χ1) is 15.8. The lowest BCUT2D eigenvalue weighted by Crippen LogP contribution is -2.53. The first-order valence-electron chi connectivity index (χ1n) is 12.5. The summed E-state index contributed by atoms with van der Waals surface area (Å²) in [5.41, 5.74) is 1.07. The summed E-state index contributed by atoms with van der Waals surface area (Å²) >= 11 is 0. The zero-order chi connectivity index (χ0) is 26.1. The molecule has 7 heteroatoms. The molecule has 0 saturated carbocycles. The van der Waals surface area contributed by atoms with Gasteiger partial charge < -0.3 is 20.3 Å². The molecule has 34 heavy (non-hydrogen) atoms. The quantitative estimate of drug-likeness (QED) is 0.464. The van der Waals surface area contributed by atoms with Gasteiger partial charge in [-0.1, -0.05) is 57.0 Å². The van der Waals surface area contributed by atoms with Gasteiger partial charge in [-0.15, -0.1) is 0 Å². The van der Waals surface area contributed by atoms with Crippen molar-refractivity contribution in [2.75, 3.05) is 6.54 Å². The second-order valence-corrected chi connectivity index (χ2v) is 10.5. The van der Waals surface area contributed by atoms with E-state index in [9.17, 15) is 14.4 Å². The van der Waals surface area contributed by atoms with E-state index in [4.69, 9.17) is 4.74 Å². The van der Waals surface area contributed by atoms with Crippen molar-refractivity contribution < 1.29 is 19.1 Å². The van der Waals surface area contributed by atoms with Gasteiger partial charge in [-0.25, -0.2) is 4.79 Å². The molecule has 1 aromatic carbocycles. The predicted octanol–water partition coefficient (Wildman–Crippen LogP) is 5.13. The molecule has 0 spiro atoms. The normalized spacial score (nSPS) is 14.2. The number of hydrogen-bond acceptors (Lipinski definition) is 4. The summed E-state index contributed by atoms with van der Waals surface area (Å²) in [5, 5.41) is 5.83. The van der Waals surface area contributed by atoms with Crippen molar-refractivity contribution in [2.24, 2.45) is 5.92 Å². The highest BCUT2D eigenvalue weighted by Crippen LogP contribution is 2.25. The number of aryl methyl sites for hydroxylation is 1.